The summed E-state index contributed by atoms with van der Waals surface area (Å²) in [5, 5.41) is 61.7. The number of nitrogen functional groups attached to an aromatic ring is 1. The number of aromatic nitrogens is 4. The Kier molecular flexibility index (Phi) is 9.25. The fourth-order valence-electron chi connectivity index (χ4n) is 5.41. The quantitative estimate of drug-likeness (QED) is 0.0255. The van der Waals surface area contributed by atoms with Gasteiger partial charge >= 0.3 is 5.97 Å². The molecule has 266 valence electrons. The molecule has 2 amide bonds. The van der Waals surface area contributed by atoms with Crippen LogP contribution in [0.3, 0.4) is 0 Å². The van der Waals surface area contributed by atoms with Gasteiger partial charge in [-0.05, 0) is 47.5 Å². The predicted molar refractivity (Wildman–Crippen MR) is 190 cm³/mol. The van der Waals surface area contributed by atoms with Crippen LogP contribution in [0, 0.1) is 0 Å². The highest BCUT2D eigenvalue weighted by Gasteiger charge is 2.54. The number of anilines is 1. The van der Waals surface area contributed by atoms with Crippen molar-refractivity contribution in [3.05, 3.63) is 82.6 Å². The van der Waals surface area contributed by atoms with Crippen molar-refractivity contribution in [2.45, 2.75) is 23.0 Å². The second-order valence-electron chi connectivity index (χ2n) is 11.3. The Morgan fingerprint density at radius 1 is 1.04 bits per heavy atom. The molecule has 3 aromatic heterocycles. The maximum Gasteiger partial charge on any atom is 0.352 e. The van der Waals surface area contributed by atoms with E-state index in [9.17, 15) is 39.9 Å². The number of benzene rings is 2. The van der Waals surface area contributed by atoms with Crippen molar-refractivity contribution in [2.24, 2.45) is 5.16 Å². The molecule has 5 aromatic rings. The lowest BCUT2D eigenvalue weighted by Gasteiger charge is -2.49. The maximum absolute atomic E-state index is 13.5. The number of carboxylic acid groups (broad SMARTS) is 1. The number of nitrogens with two attached hydrogens (primary N) is 1. The van der Waals surface area contributed by atoms with E-state index in [4.69, 9.17) is 10.6 Å². The van der Waals surface area contributed by atoms with E-state index in [1.807, 2.05) is 0 Å². The Bertz CT molecular complexity index is 2320. The average molecular weight is 763 g/mol. The second-order valence-corrected chi connectivity index (χ2v) is 14.3. The lowest BCUT2D eigenvalue weighted by molar-refractivity contribution is -0.150. The van der Waals surface area contributed by atoms with E-state index in [0.717, 1.165) is 16.2 Å². The van der Waals surface area contributed by atoms with E-state index in [-0.39, 0.29) is 63.3 Å². The molecule has 20 heteroatoms. The second kappa shape index (κ2) is 14.0. The number of carbonyl (C=O) groups excluding carboxylic acids is 2. The molecule has 52 heavy (non-hydrogen) atoms. The fourth-order valence-corrected chi connectivity index (χ4v) is 8.46. The molecule has 2 aliphatic heterocycles. The monoisotopic (exact) mass is 762 g/mol. The van der Waals surface area contributed by atoms with Gasteiger partial charge in [-0.1, -0.05) is 11.2 Å². The van der Waals surface area contributed by atoms with Gasteiger partial charge in [0, 0.05) is 28.5 Å². The van der Waals surface area contributed by atoms with Crippen LogP contribution in [-0.4, -0.2) is 96.4 Å². The van der Waals surface area contributed by atoms with Gasteiger partial charge in [0.1, 0.15) is 34.4 Å². The van der Waals surface area contributed by atoms with E-state index < -0.39 is 29.2 Å². The van der Waals surface area contributed by atoms with Crippen LogP contribution in [0.4, 0.5) is 5.13 Å². The lowest BCUT2D eigenvalue weighted by Crippen LogP contribution is -2.71. The van der Waals surface area contributed by atoms with E-state index in [1.54, 1.807) is 28.9 Å². The van der Waals surface area contributed by atoms with Crippen molar-refractivity contribution in [3.8, 4) is 34.3 Å². The summed E-state index contributed by atoms with van der Waals surface area (Å²) in [5.74, 6) is -3.57. The molecular formula is C32H26N8O9S3. The van der Waals surface area contributed by atoms with Crippen molar-refractivity contribution in [3.63, 3.8) is 0 Å². The van der Waals surface area contributed by atoms with Gasteiger partial charge in [-0.15, -0.1) is 34.9 Å². The predicted octanol–water partition coefficient (Wildman–Crippen LogP) is 2.71. The number of nitrogens with one attached hydrogen (secondary N) is 1. The van der Waals surface area contributed by atoms with Crippen molar-refractivity contribution in [2.75, 3.05) is 17.2 Å². The molecule has 0 aliphatic carbocycles. The Balaban J connectivity index is 1.08. The van der Waals surface area contributed by atoms with Crippen molar-refractivity contribution >= 4 is 69.1 Å². The summed E-state index contributed by atoms with van der Waals surface area (Å²) in [7, 11) is 0. The third-order valence-corrected chi connectivity index (χ3v) is 11.0. The zero-order chi connectivity index (χ0) is 36.7. The van der Waals surface area contributed by atoms with Gasteiger partial charge in [-0.2, -0.15) is 5.10 Å². The molecule has 0 unspecified atom stereocenters. The normalized spacial score (nSPS) is 17.2. The van der Waals surface area contributed by atoms with Gasteiger partial charge in [0.25, 0.3) is 11.8 Å². The maximum atomic E-state index is 13.5. The molecule has 0 radical (unpaired) electrons. The number of amides is 2. The zero-order valence-electron chi connectivity index (χ0n) is 26.4. The zero-order valence-corrected chi connectivity index (χ0v) is 28.9. The third-order valence-electron chi connectivity index (χ3n) is 7.94. The lowest BCUT2D eigenvalue weighted by atomic mass is 10.0. The number of thiazole rings is 1. The molecule has 0 bridgehead atoms. The SMILES string of the molecule is Nc1nc(C(=NOCc2ccc(O)c(O)c2)C(=O)N[C@@H]2C(=O)N3C(C(=O)O)=C(CSc4cc(-c5ccc(O)c(O)c5)nc5ccnn45)CS[C@H]23)cs1. The Morgan fingerprint density at radius 3 is 2.52 bits per heavy atom. The largest absolute Gasteiger partial charge is 0.504 e. The minimum absolute atomic E-state index is 0.0895. The van der Waals surface area contributed by atoms with Crippen LogP contribution in [0.2, 0.25) is 0 Å². The van der Waals surface area contributed by atoms with Crippen molar-refractivity contribution in [1.82, 2.24) is 29.8 Å². The summed E-state index contributed by atoms with van der Waals surface area (Å²) < 4.78 is 1.59. The first-order chi connectivity index (χ1) is 25.0. The van der Waals surface area contributed by atoms with Crippen molar-refractivity contribution < 1.29 is 44.8 Å². The molecule has 7 rings (SSSR count). The summed E-state index contributed by atoms with van der Waals surface area (Å²) in [6.07, 6.45) is 1.56. The number of carbonyl (C=O) groups is 3. The number of hydrogen-bond donors (Lipinski definition) is 7. The summed E-state index contributed by atoms with van der Waals surface area (Å²) in [6.45, 7) is -0.181. The molecule has 2 atom stereocenters. The molecule has 1 fully saturated rings. The molecule has 17 nitrogen and oxygen atoms in total. The molecule has 8 N–H and O–H groups in total. The number of aliphatic carboxylic acids is 1. The molecule has 1 saturated heterocycles. The number of oxime groups is 1. The van der Waals surface area contributed by atoms with Crippen LogP contribution in [0.25, 0.3) is 16.9 Å². The Labute approximate surface area is 305 Å². The number of aromatic hydroxyl groups is 4. The van der Waals surface area contributed by atoms with Crippen LogP contribution >= 0.6 is 34.9 Å². The highest BCUT2D eigenvalue weighted by Crippen LogP contribution is 2.42. The number of thioether (sulfide) groups is 2. The number of hydrogen-bond acceptors (Lipinski definition) is 16. The number of nitrogens with zero attached hydrogens (tertiary/aromatic N) is 6. The first-order valence-electron chi connectivity index (χ1n) is 15.1. The van der Waals surface area contributed by atoms with Gasteiger partial charge < -0.3 is 41.4 Å². The third kappa shape index (κ3) is 6.61. The standard InChI is InChI=1S/C32H26N8O9S3/c33-32-36-18(13-52-32)25(38-49-10-14-1-3-19(41)21(43)7-14)28(45)37-26-29(46)39-27(31(47)48)16(12-51-30(26)39)11-50-24-9-17(35-23-5-6-34-40(23)24)15-2-4-20(42)22(44)8-15/h1-9,13,26,30,41-44H,10-12H2,(H2,33,36)(H,37,45)(H,47,48)/t26-,30-/m1/s1. The average Bonchev–Trinajstić information content (AvgIpc) is 3.79. The summed E-state index contributed by atoms with van der Waals surface area (Å²) in [5.41, 5.74) is 7.86. The Morgan fingerprint density at radius 2 is 1.81 bits per heavy atom. The summed E-state index contributed by atoms with van der Waals surface area (Å²) in [6, 6.07) is 10.7. The van der Waals surface area contributed by atoms with Crippen LogP contribution in [-0.2, 0) is 25.8 Å². The molecule has 2 aromatic carbocycles. The van der Waals surface area contributed by atoms with Crippen LogP contribution in [0.5, 0.6) is 23.0 Å². The van der Waals surface area contributed by atoms with Crippen LogP contribution < -0.4 is 11.1 Å². The highest BCUT2D eigenvalue weighted by molar-refractivity contribution is 8.01. The number of fused-ring (bicyclic) bond motifs is 2. The van der Waals surface area contributed by atoms with Crippen molar-refractivity contribution in [1.29, 1.82) is 0 Å². The smallest absolute Gasteiger partial charge is 0.352 e. The topological polar surface area (TPSA) is 258 Å². The van der Waals surface area contributed by atoms with Gasteiger partial charge in [0.05, 0.1) is 11.9 Å². The molecule has 2 aliphatic rings. The number of phenolic OH excluding ortho intramolecular Hbond substituents is 4. The molecule has 0 spiro atoms. The van der Waals surface area contributed by atoms with Crippen LogP contribution in [0.1, 0.15) is 11.3 Å². The summed E-state index contributed by atoms with van der Waals surface area (Å²) in [4.78, 5) is 54.7. The molecular weight excluding hydrogens is 737 g/mol. The van der Waals surface area contributed by atoms with Gasteiger partial charge in [-0.25, -0.2) is 19.3 Å². The van der Waals surface area contributed by atoms with E-state index in [1.165, 1.54) is 59.2 Å². The van der Waals surface area contributed by atoms with E-state index in [0.29, 0.717) is 33.1 Å². The van der Waals surface area contributed by atoms with Gasteiger partial charge in [0.15, 0.2) is 39.5 Å². The van der Waals surface area contributed by atoms with Crippen LogP contribution in [0.15, 0.2) is 81.6 Å². The van der Waals surface area contributed by atoms with E-state index >= 15 is 0 Å². The number of β-lactam (4-membered cyclic amide) rings is 1. The number of rotatable bonds is 11. The number of phenols is 4. The Hall–Kier alpha value is -5.99. The first-order valence-corrected chi connectivity index (χ1v) is 18.0. The fraction of sp³-hybridized carbons (Fsp3) is 0.156. The summed E-state index contributed by atoms with van der Waals surface area (Å²) >= 11 is 3.63. The minimum atomic E-state index is -1.30. The molecule has 5 heterocycles. The van der Waals surface area contributed by atoms with E-state index in [2.05, 4.69) is 25.5 Å². The molecule has 0 saturated carbocycles. The first kappa shape index (κ1) is 34.5. The van der Waals surface area contributed by atoms with Gasteiger partial charge in [0.2, 0.25) is 0 Å². The number of carboxylic acids is 1. The minimum Gasteiger partial charge on any atom is -0.504 e. The highest BCUT2D eigenvalue weighted by atomic mass is 32.2. The van der Waals surface area contributed by atoms with Gasteiger partial charge in [-0.3, -0.25) is 14.5 Å².